The van der Waals surface area contributed by atoms with E-state index in [1.165, 1.54) is 5.56 Å². The first-order valence-corrected chi connectivity index (χ1v) is 10.4. The molecule has 4 heterocycles. The number of benzene rings is 1. The summed E-state index contributed by atoms with van der Waals surface area (Å²) >= 11 is 0. The Bertz CT molecular complexity index is 1410. The summed E-state index contributed by atoms with van der Waals surface area (Å²) in [7, 11) is 1.60. The number of hydrogen-bond acceptors (Lipinski definition) is 6. The molecule has 0 aliphatic rings. The number of pyridine rings is 3. The van der Waals surface area contributed by atoms with Crippen molar-refractivity contribution in [2.75, 3.05) is 12.8 Å². The number of imidazole rings is 1. The van der Waals surface area contributed by atoms with Crippen LogP contribution in [0.15, 0.2) is 73.1 Å². The van der Waals surface area contributed by atoms with Gasteiger partial charge in [0.1, 0.15) is 11.3 Å². The largest absolute Gasteiger partial charge is 0.481 e. The lowest BCUT2D eigenvalue weighted by Crippen LogP contribution is -2.02. The maximum Gasteiger partial charge on any atom is 0.213 e. The van der Waals surface area contributed by atoms with Crippen LogP contribution in [0.5, 0.6) is 5.88 Å². The van der Waals surface area contributed by atoms with Crippen molar-refractivity contribution in [2.24, 2.45) is 0 Å². The van der Waals surface area contributed by atoms with Gasteiger partial charge in [-0.1, -0.05) is 19.1 Å². The second kappa shape index (κ2) is 8.11. The molecule has 0 saturated heterocycles. The van der Waals surface area contributed by atoms with Crippen LogP contribution in [-0.2, 0) is 6.42 Å². The summed E-state index contributed by atoms with van der Waals surface area (Å²) in [6.45, 7) is 2.14. The van der Waals surface area contributed by atoms with Gasteiger partial charge in [-0.05, 0) is 54.4 Å². The number of methoxy groups -OCH3 is 1. The van der Waals surface area contributed by atoms with Gasteiger partial charge in [0.05, 0.1) is 18.4 Å². The Morgan fingerprint density at radius 1 is 0.938 bits per heavy atom. The minimum Gasteiger partial charge on any atom is -0.481 e. The predicted molar refractivity (Wildman–Crippen MR) is 126 cm³/mol. The van der Waals surface area contributed by atoms with Gasteiger partial charge in [-0.3, -0.25) is 4.57 Å². The molecule has 0 aliphatic carbocycles. The van der Waals surface area contributed by atoms with Crippen molar-refractivity contribution in [1.29, 1.82) is 0 Å². The number of fused-ring (bicyclic) bond motifs is 1. The smallest absolute Gasteiger partial charge is 0.213 e. The Hall–Kier alpha value is -4.26. The van der Waals surface area contributed by atoms with Crippen molar-refractivity contribution in [2.45, 2.75) is 13.3 Å². The second-order valence-corrected chi connectivity index (χ2v) is 7.35. The van der Waals surface area contributed by atoms with E-state index < -0.39 is 0 Å². The van der Waals surface area contributed by atoms with Gasteiger partial charge in [0.25, 0.3) is 0 Å². The molecule has 4 aromatic heterocycles. The van der Waals surface area contributed by atoms with Crippen LogP contribution in [0.4, 0.5) is 5.82 Å². The Morgan fingerprint density at radius 2 is 1.78 bits per heavy atom. The highest BCUT2D eigenvalue weighted by Crippen LogP contribution is 2.32. The third-order valence-corrected chi connectivity index (χ3v) is 5.43. The third-order valence-electron chi connectivity index (χ3n) is 5.43. The molecule has 0 amide bonds. The number of nitrogens with two attached hydrogens (primary N) is 1. The number of ether oxygens (including phenoxy) is 1. The summed E-state index contributed by atoms with van der Waals surface area (Å²) in [5.74, 6) is 1.66. The van der Waals surface area contributed by atoms with Gasteiger partial charge in [-0.25, -0.2) is 19.9 Å². The van der Waals surface area contributed by atoms with Gasteiger partial charge in [0.2, 0.25) is 5.88 Å². The molecule has 0 atom stereocenters. The first-order chi connectivity index (χ1) is 15.7. The average molecular weight is 422 g/mol. The van der Waals surface area contributed by atoms with Crippen LogP contribution < -0.4 is 10.5 Å². The summed E-state index contributed by atoms with van der Waals surface area (Å²) in [5, 5.41) is 0. The number of aryl methyl sites for hydroxylation is 1. The molecule has 1 aromatic carbocycles. The van der Waals surface area contributed by atoms with E-state index in [1.54, 1.807) is 19.5 Å². The Balaban J connectivity index is 1.77. The lowest BCUT2D eigenvalue weighted by Gasteiger charge is -2.11. The second-order valence-electron chi connectivity index (χ2n) is 7.35. The lowest BCUT2D eigenvalue weighted by atomic mass is 10.1. The molecule has 2 N–H and O–H groups in total. The zero-order chi connectivity index (χ0) is 22.1. The molecule has 32 heavy (non-hydrogen) atoms. The molecule has 0 unspecified atom stereocenters. The van der Waals surface area contributed by atoms with Crippen LogP contribution in [0.25, 0.3) is 39.5 Å². The molecule has 0 spiro atoms. The van der Waals surface area contributed by atoms with Crippen molar-refractivity contribution < 1.29 is 4.74 Å². The van der Waals surface area contributed by atoms with Crippen molar-refractivity contribution in [3.63, 3.8) is 0 Å². The summed E-state index contributed by atoms with van der Waals surface area (Å²) in [6.07, 6.45) is 4.36. The van der Waals surface area contributed by atoms with Crippen molar-refractivity contribution >= 4 is 17.0 Å². The quantitative estimate of drug-likeness (QED) is 0.441. The van der Waals surface area contributed by atoms with E-state index in [2.05, 4.69) is 41.2 Å². The van der Waals surface area contributed by atoms with Crippen LogP contribution in [-0.4, -0.2) is 31.6 Å². The Labute approximate surface area is 185 Å². The molecule has 0 fully saturated rings. The van der Waals surface area contributed by atoms with Crippen LogP contribution in [0, 0.1) is 0 Å². The van der Waals surface area contributed by atoms with E-state index in [0.717, 1.165) is 40.1 Å². The molecule has 158 valence electrons. The van der Waals surface area contributed by atoms with Crippen molar-refractivity contribution in [1.82, 2.24) is 24.5 Å². The van der Waals surface area contributed by atoms with E-state index in [4.69, 9.17) is 20.4 Å². The average Bonchev–Trinajstić information content (AvgIpc) is 3.23. The van der Waals surface area contributed by atoms with E-state index in [1.807, 2.05) is 41.0 Å². The maximum atomic E-state index is 6.21. The van der Waals surface area contributed by atoms with Crippen LogP contribution in [0.1, 0.15) is 12.5 Å². The first kappa shape index (κ1) is 19.7. The zero-order valence-electron chi connectivity index (χ0n) is 17.9. The highest BCUT2D eigenvalue weighted by molar-refractivity contribution is 5.84. The molecule has 5 aromatic rings. The normalized spacial score (nSPS) is 11.1. The fourth-order valence-corrected chi connectivity index (χ4v) is 3.71. The van der Waals surface area contributed by atoms with Gasteiger partial charge in [-0.15, -0.1) is 0 Å². The van der Waals surface area contributed by atoms with E-state index in [0.29, 0.717) is 17.5 Å². The molecule has 7 nitrogen and oxygen atoms in total. The van der Waals surface area contributed by atoms with Gasteiger partial charge in [-0.2, -0.15) is 0 Å². The van der Waals surface area contributed by atoms with E-state index >= 15 is 0 Å². The fourth-order valence-electron chi connectivity index (χ4n) is 3.71. The molecule has 7 heteroatoms. The van der Waals surface area contributed by atoms with Gasteiger partial charge in [0.15, 0.2) is 11.5 Å². The standard InChI is InChI=1S/C25H22N6O/c1-3-16-6-8-18(9-7-16)31-24(19-5-4-13-28-23(19)26)30-21-11-10-20(29-25(21)31)17-12-14-27-22(15-17)32-2/h4-15H,3H2,1-2H3,(H2,26,28). The summed E-state index contributed by atoms with van der Waals surface area (Å²) in [6, 6.07) is 19.9. The number of nitrogen functional groups attached to an aromatic ring is 1. The summed E-state index contributed by atoms with van der Waals surface area (Å²) < 4.78 is 7.31. The van der Waals surface area contributed by atoms with Gasteiger partial charge in [0, 0.05) is 29.7 Å². The topological polar surface area (TPSA) is 91.7 Å². The SMILES string of the molecule is CCc1ccc(-n2c(-c3cccnc3N)nc3ccc(-c4ccnc(OC)c4)nc32)cc1. The highest BCUT2D eigenvalue weighted by atomic mass is 16.5. The number of nitrogens with zero attached hydrogens (tertiary/aromatic N) is 5. The monoisotopic (exact) mass is 422 g/mol. The van der Waals surface area contributed by atoms with Crippen molar-refractivity contribution in [3.8, 4) is 34.2 Å². The number of aromatic nitrogens is 5. The highest BCUT2D eigenvalue weighted by Gasteiger charge is 2.18. The number of hydrogen-bond donors (Lipinski definition) is 1. The summed E-state index contributed by atoms with van der Waals surface area (Å²) in [4.78, 5) is 18.3. The van der Waals surface area contributed by atoms with Gasteiger partial charge >= 0.3 is 0 Å². The molecular weight excluding hydrogens is 400 g/mol. The van der Waals surface area contributed by atoms with Crippen LogP contribution in [0.3, 0.4) is 0 Å². The van der Waals surface area contributed by atoms with Gasteiger partial charge < -0.3 is 10.5 Å². The molecular formula is C25H22N6O. The molecule has 5 rings (SSSR count). The minimum absolute atomic E-state index is 0.424. The Kier molecular flexibility index (Phi) is 4.99. The predicted octanol–water partition coefficient (Wildman–Crippen LogP) is 4.70. The number of anilines is 1. The van der Waals surface area contributed by atoms with Crippen molar-refractivity contribution in [3.05, 3.63) is 78.6 Å². The van der Waals surface area contributed by atoms with E-state index in [9.17, 15) is 0 Å². The maximum absolute atomic E-state index is 6.21. The number of rotatable bonds is 5. The van der Waals surface area contributed by atoms with Crippen LogP contribution >= 0.6 is 0 Å². The van der Waals surface area contributed by atoms with E-state index in [-0.39, 0.29) is 0 Å². The lowest BCUT2D eigenvalue weighted by molar-refractivity contribution is 0.398. The molecule has 0 bridgehead atoms. The third kappa shape index (κ3) is 3.43. The molecule has 0 saturated carbocycles. The van der Waals surface area contributed by atoms with Crippen LogP contribution in [0.2, 0.25) is 0 Å². The molecule has 0 radical (unpaired) electrons. The Morgan fingerprint density at radius 3 is 2.53 bits per heavy atom. The zero-order valence-corrected chi connectivity index (χ0v) is 17.9. The fraction of sp³-hybridized carbons (Fsp3) is 0.120. The molecule has 0 aliphatic heterocycles. The first-order valence-electron chi connectivity index (χ1n) is 10.4. The minimum atomic E-state index is 0.424. The summed E-state index contributed by atoms with van der Waals surface area (Å²) in [5.41, 5.74) is 12.4.